The quantitative estimate of drug-likeness (QED) is 0.478. The average Bonchev–Trinajstić information content (AvgIpc) is 2.49. The van der Waals surface area contributed by atoms with Crippen LogP contribution in [0, 0.1) is 0 Å². The van der Waals surface area contributed by atoms with E-state index in [1.165, 1.54) is 0 Å². The van der Waals surface area contributed by atoms with Crippen LogP contribution < -0.4 is 5.32 Å². The summed E-state index contributed by atoms with van der Waals surface area (Å²) >= 11 is 0. The highest BCUT2D eigenvalue weighted by Gasteiger charge is 2.43. The number of aliphatic hydroxyl groups is 4. The number of hydrogen-bond acceptors (Lipinski definition) is 6. The van der Waals surface area contributed by atoms with Crippen LogP contribution in [-0.2, 0) is 11.2 Å². The van der Waals surface area contributed by atoms with Gasteiger partial charge < -0.3 is 25.2 Å². The summed E-state index contributed by atoms with van der Waals surface area (Å²) < 4.78 is 5.42. The van der Waals surface area contributed by atoms with Crippen LogP contribution in [0.3, 0.4) is 0 Å². The van der Waals surface area contributed by atoms with Gasteiger partial charge in [0.1, 0.15) is 30.6 Å². The minimum absolute atomic E-state index is 0.00571. The lowest BCUT2D eigenvalue weighted by atomic mass is 9.97. The molecule has 0 aromatic heterocycles. The molecule has 2 unspecified atom stereocenters. The van der Waals surface area contributed by atoms with Crippen molar-refractivity contribution in [3.05, 3.63) is 35.9 Å². The maximum Gasteiger partial charge on any atom is 0.137 e. The highest BCUT2D eigenvalue weighted by molar-refractivity contribution is 5.15. The Morgan fingerprint density at radius 1 is 1.10 bits per heavy atom. The van der Waals surface area contributed by atoms with Gasteiger partial charge in [-0.3, -0.25) is 5.32 Å². The molecule has 0 aliphatic carbocycles. The maximum atomic E-state index is 9.96. The topological polar surface area (TPSA) is 102 Å². The smallest absolute Gasteiger partial charge is 0.137 e. The molecule has 0 bridgehead atoms. The summed E-state index contributed by atoms with van der Waals surface area (Å²) in [6.07, 6.45) is -4.91. The standard InChI is InChI=1S/C15H23NO5/c1-9(7-10-5-3-2-4-6-10)16-15-14(20)13(19)12(18)11(8-17)21-15/h2-6,9,11-20H,7-8H2,1H3/t9?,11-,12-,13+,14-,15?/m1/s1. The van der Waals surface area contributed by atoms with E-state index in [1.807, 2.05) is 37.3 Å². The second-order valence-corrected chi connectivity index (χ2v) is 5.51. The van der Waals surface area contributed by atoms with Gasteiger partial charge in [0.2, 0.25) is 0 Å². The van der Waals surface area contributed by atoms with E-state index in [0.717, 1.165) is 12.0 Å². The summed E-state index contributed by atoms with van der Waals surface area (Å²) in [7, 11) is 0. The SMILES string of the molecule is CC(Cc1ccccc1)NC1O[C@H](CO)[C@@H](O)[C@H](O)[C@H]1O. The predicted molar refractivity (Wildman–Crippen MR) is 76.5 cm³/mol. The molecule has 0 saturated carbocycles. The van der Waals surface area contributed by atoms with Gasteiger partial charge in [0.25, 0.3) is 0 Å². The van der Waals surface area contributed by atoms with Gasteiger partial charge >= 0.3 is 0 Å². The molecular formula is C15H23NO5. The fraction of sp³-hybridized carbons (Fsp3) is 0.600. The number of benzene rings is 1. The molecule has 1 aliphatic heterocycles. The molecule has 2 rings (SSSR count). The van der Waals surface area contributed by atoms with Crippen molar-refractivity contribution in [2.75, 3.05) is 6.61 Å². The lowest BCUT2D eigenvalue weighted by molar-refractivity contribution is -0.238. The summed E-state index contributed by atoms with van der Waals surface area (Å²) in [5, 5.41) is 41.6. The molecule has 1 aromatic carbocycles. The summed E-state index contributed by atoms with van der Waals surface area (Å²) in [6.45, 7) is 1.52. The van der Waals surface area contributed by atoms with Gasteiger partial charge in [-0.2, -0.15) is 0 Å². The van der Waals surface area contributed by atoms with Gasteiger partial charge in [0.05, 0.1) is 6.61 Å². The van der Waals surface area contributed by atoms with Crippen LogP contribution in [0.4, 0.5) is 0 Å². The van der Waals surface area contributed by atoms with E-state index in [4.69, 9.17) is 9.84 Å². The first-order chi connectivity index (χ1) is 10.0. The maximum absolute atomic E-state index is 9.96. The zero-order valence-electron chi connectivity index (χ0n) is 12.0. The molecule has 0 radical (unpaired) electrons. The lowest BCUT2D eigenvalue weighted by Gasteiger charge is -2.41. The highest BCUT2D eigenvalue weighted by Crippen LogP contribution is 2.20. The number of ether oxygens (including phenoxy) is 1. The third-order valence-corrected chi connectivity index (χ3v) is 3.73. The van der Waals surface area contributed by atoms with E-state index < -0.39 is 37.3 Å². The molecule has 0 amide bonds. The van der Waals surface area contributed by atoms with Gasteiger partial charge in [0.15, 0.2) is 0 Å². The molecule has 1 aliphatic rings. The van der Waals surface area contributed by atoms with Gasteiger partial charge in [-0.1, -0.05) is 30.3 Å². The number of rotatable bonds is 5. The fourth-order valence-electron chi connectivity index (χ4n) is 2.55. The first-order valence-corrected chi connectivity index (χ1v) is 7.13. The van der Waals surface area contributed by atoms with Gasteiger partial charge in [-0.15, -0.1) is 0 Å². The molecule has 1 heterocycles. The van der Waals surface area contributed by atoms with Crippen LogP contribution in [0.25, 0.3) is 0 Å². The monoisotopic (exact) mass is 297 g/mol. The molecule has 1 fully saturated rings. The fourth-order valence-corrected chi connectivity index (χ4v) is 2.55. The summed E-state index contributed by atoms with van der Waals surface area (Å²) in [6, 6.07) is 9.86. The summed E-state index contributed by atoms with van der Waals surface area (Å²) in [4.78, 5) is 0. The van der Waals surface area contributed by atoms with Gasteiger partial charge in [-0.05, 0) is 18.9 Å². The van der Waals surface area contributed by atoms with E-state index >= 15 is 0 Å². The molecule has 6 atom stereocenters. The van der Waals surface area contributed by atoms with E-state index in [2.05, 4.69) is 5.32 Å². The molecule has 6 nitrogen and oxygen atoms in total. The van der Waals surface area contributed by atoms with E-state index in [-0.39, 0.29) is 6.04 Å². The first kappa shape index (κ1) is 16.4. The Labute approximate surface area is 124 Å². The first-order valence-electron chi connectivity index (χ1n) is 7.13. The van der Waals surface area contributed by atoms with Crippen molar-refractivity contribution in [2.24, 2.45) is 0 Å². The molecular weight excluding hydrogens is 274 g/mol. The number of nitrogens with one attached hydrogen (secondary N) is 1. The Balaban J connectivity index is 1.94. The highest BCUT2D eigenvalue weighted by atomic mass is 16.6. The van der Waals surface area contributed by atoms with Crippen molar-refractivity contribution >= 4 is 0 Å². The average molecular weight is 297 g/mol. The third kappa shape index (κ3) is 4.00. The van der Waals surface area contributed by atoms with E-state index in [1.54, 1.807) is 0 Å². The second-order valence-electron chi connectivity index (χ2n) is 5.51. The van der Waals surface area contributed by atoms with Crippen molar-refractivity contribution in [1.29, 1.82) is 0 Å². The van der Waals surface area contributed by atoms with Crippen molar-refractivity contribution < 1.29 is 25.2 Å². The lowest BCUT2D eigenvalue weighted by Crippen LogP contribution is -2.63. The normalized spacial score (nSPS) is 34.6. The largest absolute Gasteiger partial charge is 0.394 e. The minimum atomic E-state index is -1.35. The minimum Gasteiger partial charge on any atom is -0.394 e. The zero-order chi connectivity index (χ0) is 15.4. The van der Waals surface area contributed by atoms with Gasteiger partial charge in [-0.25, -0.2) is 0 Å². The predicted octanol–water partition coefficient (Wildman–Crippen LogP) is -0.993. The second kappa shape index (κ2) is 7.31. The Hall–Kier alpha value is -1.02. The zero-order valence-corrected chi connectivity index (χ0v) is 12.0. The van der Waals surface area contributed by atoms with Crippen LogP contribution in [-0.4, -0.2) is 63.7 Å². The summed E-state index contributed by atoms with van der Waals surface area (Å²) in [5.74, 6) is 0. The third-order valence-electron chi connectivity index (χ3n) is 3.73. The van der Waals surface area contributed by atoms with Crippen molar-refractivity contribution in [3.63, 3.8) is 0 Å². The Kier molecular flexibility index (Phi) is 5.69. The molecule has 1 saturated heterocycles. The van der Waals surface area contributed by atoms with Crippen LogP contribution in [0.15, 0.2) is 30.3 Å². The summed E-state index contributed by atoms with van der Waals surface area (Å²) in [5.41, 5.74) is 1.14. The number of hydrogen-bond donors (Lipinski definition) is 5. The molecule has 6 heteroatoms. The number of aliphatic hydroxyl groups excluding tert-OH is 4. The van der Waals surface area contributed by atoms with Crippen LogP contribution in [0.2, 0.25) is 0 Å². The molecule has 0 spiro atoms. The van der Waals surface area contributed by atoms with Crippen molar-refractivity contribution in [3.8, 4) is 0 Å². The van der Waals surface area contributed by atoms with Crippen molar-refractivity contribution in [1.82, 2.24) is 5.32 Å². The van der Waals surface area contributed by atoms with Gasteiger partial charge in [0, 0.05) is 6.04 Å². The molecule has 5 N–H and O–H groups in total. The van der Waals surface area contributed by atoms with E-state index in [0.29, 0.717) is 0 Å². The Morgan fingerprint density at radius 2 is 1.76 bits per heavy atom. The molecule has 21 heavy (non-hydrogen) atoms. The van der Waals surface area contributed by atoms with Crippen LogP contribution >= 0.6 is 0 Å². The van der Waals surface area contributed by atoms with Crippen molar-refractivity contribution in [2.45, 2.75) is 50.0 Å². The molecule has 118 valence electrons. The Morgan fingerprint density at radius 3 is 2.38 bits per heavy atom. The Bertz CT molecular complexity index is 427. The molecule has 1 aromatic rings. The van der Waals surface area contributed by atoms with Crippen LogP contribution in [0.1, 0.15) is 12.5 Å². The van der Waals surface area contributed by atoms with E-state index in [9.17, 15) is 15.3 Å². The van der Waals surface area contributed by atoms with Crippen LogP contribution in [0.5, 0.6) is 0 Å².